The Kier molecular flexibility index (Phi) is 5.88. The fourth-order valence-corrected chi connectivity index (χ4v) is 2.11. The van der Waals surface area contributed by atoms with Crippen LogP contribution in [0, 0.1) is 0 Å². The van der Waals surface area contributed by atoms with Gasteiger partial charge in [0.25, 0.3) is 11.5 Å². The Hall–Kier alpha value is -3.01. The summed E-state index contributed by atoms with van der Waals surface area (Å²) in [6.45, 7) is -0.340. The second kappa shape index (κ2) is 7.91. The van der Waals surface area contributed by atoms with E-state index in [1.165, 1.54) is 0 Å². The number of aldehydes is 1. The average molecular weight is 369 g/mol. The second-order valence-corrected chi connectivity index (χ2v) is 5.30. The molecule has 0 fully saturated rings. The first-order valence-electron chi connectivity index (χ1n) is 7.40. The third kappa shape index (κ3) is 4.54. The molecule has 1 aromatic heterocycles. The SMILES string of the molecule is O=CC(CCO)NC(=O)c1cc(-c2ccc(C(F)(F)F)cc2)n[nH]c1=O. The van der Waals surface area contributed by atoms with Gasteiger partial charge in [0.05, 0.1) is 17.3 Å². The number of alkyl halides is 3. The van der Waals surface area contributed by atoms with Crippen molar-refractivity contribution in [2.75, 3.05) is 6.61 Å². The molecule has 0 saturated carbocycles. The van der Waals surface area contributed by atoms with Gasteiger partial charge in [-0.1, -0.05) is 12.1 Å². The van der Waals surface area contributed by atoms with E-state index in [0.29, 0.717) is 6.29 Å². The fraction of sp³-hybridized carbons (Fsp3) is 0.250. The molecule has 1 heterocycles. The van der Waals surface area contributed by atoms with E-state index in [1.807, 2.05) is 0 Å². The van der Waals surface area contributed by atoms with E-state index in [1.54, 1.807) is 0 Å². The predicted molar refractivity (Wildman–Crippen MR) is 84.3 cm³/mol. The number of carbonyl (C=O) groups is 2. The van der Waals surface area contributed by atoms with Crippen molar-refractivity contribution in [2.24, 2.45) is 0 Å². The van der Waals surface area contributed by atoms with Crippen molar-refractivity contribution in [3.05, 3.63) is 51.8 Å². The molecule has 2 rings (SSSR count). The van der Waals surface area contributed by atoms with Gasteiger partial charge in [0, 0.05) is 12.2 Å². The topological polar surface area (TPSA) is 112 Å². The van der Waals surface area contributed by atoms with Crippen molar-refractivity contribution in [3.8, 4) is 11.3 Å². The van der Waals surface area contributed by atoms with E-state index in [4.69, 9.17) is 5.11 Å². The number of H-pyrrole nitrogens is 1. The Morgan fingerprint density at radius 1 is 1.31 bits per heavy atom. The van der Waals surface area contributed by atoms with Gasteiger partial charge in [-0.15, -0.1) is 0 Å². The lowest BCUT2D eigenvalue weighted by Crippen LogP contribution is -2.39. The van der Waals surface area contributed by atoms with Crippen LogP contribution in [0.5, 0.6) is 0 Å². The molecule has 0 bridgehead atoms. The van der Waals surface area contributed by atoms with E-state index in [2.05, 4.69) is 15.5 Å². The first-order valence-corrected chi connectivity index (χ1v) is 7.40. The maximum atomic E-state index is 12.6. The van der Waals surface area contributed by atoms with E-state index in [-0.39, 0.29) is 29.8 Å². The summed E-state index contributed by atoms with van der Waals surface area (Å²) in [6.07, 6.45) is -4.09. The summed E-state index contributed by atoms with van der Waals surface area (Å²) in [4.78, 5) is 34.8. The van der Waals surface area contributed by atoms with Crippen LogP contribution in [0.2, 0.25) is 0 Å². The van der Waals surface area contributed by atoms with E-state index in [9.17, 15) is 27.6 Å². The number of aliphatic hydroxyl groups is 1. The monoisotopic (exact) mass is 369 g/mol. The maximum absolute atomic E-state index is 12.6. The molecular formula is C16H14F3N3O4. The number of aromatic nitrogens is 2. The summed E-state index contributed by atoms with van der Waals surface area (Å²) >= 11 is 0. The number of halogens is 3. The number of aliphatic hydroxyl groups excluding tert-OH is 1. The lowest BCUT2D eigenvalue weighted by Gasteiger charge is -2.11. The first-order chi connectivity index (χ1) is 12.3. The van der Waals surface area contributed by atoms with E-state index in [0.717, 1.165) is 30.3 Å². The molecule has 0 saturated heterocycles. The number of hydrogen-bond donors (Lipinski definition) is 3. The zero-order valence-electron chi connectivity index (χ0n) is 13.2. The van der Waals surface area contributed by atoms with Crippen LogP contribution in [0.3, 0.4) is 0 Å². The summed E-state index contributed by atoms with van der Waals surface area (Å²) in [5, 5.41) is 16.9. The number of aromatic amines is 1. The molecule has 0 aliphatic heterocycles. The van der Waals surface area contributed by atoms with Gasteiger partial charge in [0.15, 0.2) is 0 Å². The predicted octanol–water partition coefficient (Wildman–Crippen LogP) is 1.14. The molecule has 1 atom stereocenters. The number of nitrogens with zero attached hydrogens (tertiary/aromatic N) is 1. The summed E-state index contributed by atoms with van der Waals surface area (Å²) in [5.74, 6) is -0.868. The highest BCUT2D eigenvalue weighted by atomic mass is 19.4. The highest BCUT2D eigenvalue weighted by Gasteiger charge is 2.30. The molecule has 2 aromatic rings. The minimum Gasteiger partial charge on any atom is -0.396 e. The summed E-state index contributed by atoms with van der Waals surface area (Å²) in [5.41, 5.74) is -1.70. The van der Waals surface area contributed by atoms with Crippen LogP contribution in [-0.4, -0.2) is 40.1 Å². The number of nitrogens with one attached hydrogen (secondary N) is 2. The second-order valence-electron chi connectivity index (χ2n) is 5.30. The molecule has 26 heavy (non-hydrogen) atoms. The molecule has 1 aromatic carbocycles. The highest BCUT2D eigenvalue weighted by Crippen LogP contribution is 2.30. The van der Waals surface area contributed by atoms with Gasteiger partial charge in [-0.3, -0.25) is 9.59 Å². The summed E-state index contributed by atoms with van der Waals surface area (Å²) < 4.78 is 37.8. The molecule has 0 aliphatic carbocycles. The molecule has 3 N–H and O–H groups in total. The normalized spacial score (nSPS) is 12.5. The third-order valence-corrected chi connectivity index (χ3v) is 3.48. The quantitative estimate of drug-likeness (QED) is 0.661. The number of rotatable bonds is 6. The molecular weight excluding hydrogens is 355 g/mol. The van der Waals surface area contributed by atoms with Crippen LogP contribution in [-0.2, 0) is 11.0 Å². The Bertz CT molecular complexity index is 847. The van der Waals surface area contributed by atoms with E-state index >= 15 is 0 Å². The number of amides is 1. The first kappa shape index (κ1) is 19.3. The van der Waals surface area contributed by atoms with Crippen molar-refractivity contribution in [1.29, 1.82) is 0 Å². The Labute approximate surface area is 144 Å². The van der Waals surface area contributed by atoms with E-state index < -0.39 is 29.2 Å². The molecule has 0 radical (unpaired) electrons. The molecule has 10 heteroatoms. The van der Waals surface area contributed by atoms with Gasteiger partial charge >= 0.3 is 6.18 Å². The van der Waals surface area contributed by atoms with Crippen molar-refractivity contribution in [3.63, 3.8) is 0 Å². The van der Waals surface area contributed by atoms with Gasteiger partial charge in [0.2, 0.25) is 0 Å². The fourth-order valence-electron chi connectivity index (χ4n) is 2.11. The minimum atomic E-state index is -4.49. The van der Waals surface area contributed by atoms with Crippen LogP contribution in [0.4, 0.5) is 13.2 Å². The third-order valence-electron chi connectivity index (χ3n) is 3.48. The molecule has 0 aliphatic rings. The van der Waals surface area contributed by atoms with Gasteiger partial charge in [-0.2, -0.15) is 18.3 Å². The van der Waals surface area contributed by atoms with Crippen LogP contribution < -0.4 is 10.9 Å². The lowest BCUT2D eigenvalue weighted by atomic mass is 10.1. The standard InChI is InChI=1S/C16H14F3N3O4/c17-16(18,19)10-3-1-9(2-4-10)13-7-12(15(26)22-21-13)14(25)20-11(8-24)5-6-23/h1-4,7-8,11,23H,5-6H2,(H,20,25)(H,22,26). The van der Waals surface area contributed by atoms with Crippen molar-refractivity contribution < 1.29 is 27.9 Å². The molecule has 1 unspecified atom stereocenters. The largest absolute Gasteiger partial charge is 0.416 e. The van der Waals surface area contributed by atoms with Crippen LogP contribution in [0.1, 0.15) is 22.3 Å². The Balaban J connectivity index is 2.30. The minimum absolute atomic E-state index is 0.0238. The van der Waals surface area contributed by atoms with Crippen molar-refractivity contribution in [1.82, 2.24) is 15.5 Å². The Morgan fingerprint density at radius 3 is 2.50 bits per heavy atom. The number of hydrogen-bond acceptors (Lipinski definition) is 5. The number of benzene rings is 1. The smallest absolute Gasteiger partial charge is 0.396 e. The molecule has 0 spiro atoms. The average Bonchev–Trinajstić information content (AvgIpc) is 2.61. The molecule has 1 amide bonds. The van der Waals surface area contributed by atoms with Gasteiger partial charge < -0.3 is 15.2 Å². The zero-order chi connectivity index (χ0) is 19.3. The zero-order valence-corrected chi connectivity index (χ0v) is 13.2. The van der Waals surface area contributed by atoms with Gasteiger partial charge in [-0.05, 0) is 24.6 Å². The summed E-state index contributed by atoms with van der Waals surface area (Å²) in [6, 6.07) is 4.15. The molecule has 138 valence electrons. The van der Waals surface area contributed by atoms with Crippen LogP contribution in [0.15, 0.2) is 35.1 Å². The summed E-state index contributed by atoms with van der Waals surface area (Å²) in [7, 11) is 0. The van der Waals surface area contributed by atoms with Crippen molar-refractivity contribution >= 4 is 12.2 Å². The van der Waals surface area contributed by atoms with Gasteiger partial charge in [0.1, 0.15) is 11.8 Å². The van der Waals surface area contributed by atoms with Crippen LogP contribution in [0.25, 0.3) is 11.3 Å². The lowest BCUT2D eigenvalue weighted by molar-refractivity contribution is -0.137. The maximum Gasteiger partial charge on any atom is 0.416 e. The highest BCUT2D eigenvalue weighted by molar-refractivity contribution is 5.96. The molecule has 7 nitrogen and oxygen atoms in total. The van der Waals surface area contributed by atoms with Gasteiger partial charge in [-0.25, -0.2) is 5.10 Å². The van der Waals surface area contributed by atoms with Crippen molar-refractivity contribution in [2.45, 2.75) is 18.6 Å². The number of carbonyl (C=O) groups excluding carboxylic acids is 2. The van der Waals surface area contributed by atoms with Crippen LogP contribution >= 0.6 is 0 Å². The Morgan fingerprint density at radius 2 is 1.96 bits per heavy atom.